The van der Waals surface area contributed by atoms with Crippen LogP contribution in [0.4, 0.5) is 0 Å². The number of benzene rings is 1. The van der Waals surface area contributed by atoms with Crippen LogP contribution in [0.25, 0.3) is 5.69 Å². The van der Waals surface area contributed by atoms with Gasteiger partial charge in [0.2, 0.25) is 11.1 Å². The zero-order valence-corrected chi connectivity index (χ0v) is 15.5. The van der Waals surface area contributed by atoms with Gasteiger partial charge in [-0.05, 0) is 42.5 Å². The maximum atomic E-state index is 12.8. The number of amides is 1. The van der Waals surface area contributed by atoms with E-state index >= 15 is 0 Å². The third-order valence-corrected chi connectivity index (χ3v) is 6.22. The van der Waals surface area contributed by atoms with Gasteiger partial charge in [-0.2, -0.15) is 0 Å². The Morgan fingerprint density at radius 2 is 2.12 bits per heavy atom. The molecular formula is C18H18N4OS2. The van der Waals surface area contributed by atoms with Gasteiger partial charge in [-0.15, -0.1) is 16.4 Å². The molecule has 0 saturated heterocycles. The van der Waals surface area contributed by atoms with Crippen molar-refractivity contribution in [2.75, 3.05) is 6.54 Å². The van der Waals surface area contributed by atoms with E-state index in [0.717, 1.165) is 18.7 Å². The molecule has 0 spiro atoms. The number of rotatable bonds is 4. The highest BCUT2D eigenvalue weighted by Crippen LogP contribution is 2.27. The average molecular weight is 371 g/mol. The molecule has 1 aromatic carbocycles. The van der Waals surface area contributed by atoms with Crippen molar-refractivity contribution in [1.82, 2.24) is 19.7 Å². The van der Waals surface area contributed by atoms with Gasteiger partial charge < -0.3 is 4.90 Å². The molecule has 4 rings (SSSR count). The number of fused-ring (bicyclic) bond motifs is 1. The Hall–Kier alpha value is -2.12. The van der Waals surface area contributed by atoms with E-state index in [0.29, 0.717) is 11.7 Å². The van der Waals surface area contributed by atoms with Gasteiger partial charge in [0.1, 0.15) is 6.33 Å². The van der Waals surface area contributed by atoms with Crippen LogP contribution in [0.2, 0.25) is 0 Å². The maximum absolute atomic E-state index is 12.8. The molecule has 128 valence electrons. The summed E-state index contributed by atoms with van der Waals surface area (Å²) in [6.45, 7) is 3.44. The van der Waals surface area contributed by atoms with Crippen LogP contribution in [0.1, 0.15) is 17.4 Å². The largest absolute Gasteiger partial charge is 0.337 e. The highest BCUT2D eigenvalue weighted by atomic mass is 32.2. The van der Waals surface area contributed by atoms with Gasteiger partial charge in [0, 0.05) is 18.0 Å². The summed E-state index contributed by atoms with van der Waals surface area (Å²) in [4.78, 5) is 20.4. The lowest BCUT2D eigenvalue weighted by atomic mass is 10.1. The number of hydrogen-bond acceptors (Lipinski definition) is 5. The summed E-state index contributed by atoms with van der Waals surface area (Å²) in [5.74, 6) is 0.151. The molecular weight excluding hydrogens is 352 g/mol. The lowest BCUT2D eigenvalue weighted by molar-refractivity contribution is -0.131. The van der Waals surface area contributed by atoms with E-state index in [-0.39, 0.29) is 11.2 Å². The average Bonchev–Trinajstić information content (AvgIpc) is 3.30. The van der Waals surface area contributed by atoms with Crippen molar-refractivity contribution in [3.8, 4) is 5.69 Å². The molecule has 0 fully saturated rings. The minimum atomic E-state index is -0.202. The zero-order valence-electron chi connectivity index (χ0n) is 13.8. The van der Waals surface area contributed by atoms with Crippen molar-refractivity contribution in [2.45, 2.75) is 30.3 Å². The standard InChI is InChI=1S/C18H18N4OS2/c1-13(17(23)21-9-7-16-14(11-21)8-10-24-16)25-18-19-12-22(20-18)15-5-3-2-4-6-15/h2-6,8,10,12-13H,7,9,11H2,1H3. The van der Waals surface area contributed by atoms with Crippen molar-refractivity contribution in [1.29, 1.82) is 0 Å². The maximum Gasteiger partial charge on any atom is 0.236 e. The summed E-state index contributed by atoms with van der Waals surface area (Å²) in [6.07, 6.45) is 2.64. The first-order valence-corrected chi connectivity index (χ1v) is 9.94. The first kappa shape index (κ1) is 16.4. The second-order valence-electron chi connectivity index (χ2n) is 5.95. The van der Waals surface area contributed by atoms with Crippen LogP contribution >= 0.6 is 23.1 Å². The fraction of sp³-hybridized carbons (Fsp3) is 0.278. The van der Waals surface area contributed by atoms with Gasteiger partial charge in [0.15, 0.2) is 0 Å². The Morgan fingerprint density at radius 3 is 2.96 bits per heavy atom. The predicted octanol–water partition coefficient (Wildman–Crippen LogP) is 3.39. The molecule has 1 atom stereocenters. The Labute approximate surface area is 154 Å². The van der Waals surface area contributed by atoms with Gasteiger partial charge in [-0.1, -0.05) is 30.0 Å². The fourth-order valence-corrected chi connectivity index (χ4v) is 4.61. The molecule has 3 aromatic rings. The molecule has 3 heterocycles. The van der Waals surface area contributed by atoms with Crippen molar-refractivity contribution >= 4 is 29.0 Å². The Balaban J connectivity index is 1.41. The van der Waals surface area contributed by atoms with Crippen LogP contribution in [-0.2, 0) is 17.8 Å². The Kier molecular flexibility index (Phi) is 4.59. The van der Waals surface area contributed by atoms with Crippen LogP contribution < -0.4 is 0 Å². The zero-order chi connectivity index (χ0) is 17.2. The monoisotopic (exact) mass is 370 g/mol. The molecule has 1 aliphatic rings. The molecule has 5 nitrogen and oxygen atoms in total. The first-order valence-electron chi connectivity index (χ1n) is 8.18. The van der Waals surface area contributed by atoms with Crippen LogP contribution in [0, 0.1) is 0 Å². The normalized spacial score (nSPS) is 15.0. The number of nitrogens with zero attached hydrogens (tertiary/aromatic N) is 4. The molecule has 1 unspecified atom stereocenters. The Morgan fingerprint density at radius 1 is 1.28 bits per heavy atom. The summed E-state index contributed by atoms with van der Waals surface area (Å²) < 4.78 is 1.73. The van der Waals surface area contributed by atoms with Crippen LogP contribution in [0.15, 0.2) is 53.3 Å². The second-order valence-corrected chi connectivity index (χ2v) is 8.25. The number of carbonyl (C=O) groups is 1. The summed E-state index contributed by atoms with van der Waals surface area (Å²) in [5.41, 5.74) is 2.25. The van der Waals surface area contributed by atoms with E-state index in [9.17, 15) is 4.79 Å². The molecule has 2 aromatic heterocycles. The molecule has 1 aliphatic heterocycles. The van der Waals surface area contributed by atoms with E-state index in [1.807, 2.05) is 42.2 Å². The van der Waals surface area contributed by atoms with Crippen LogP contribution in [-0.4, -0.2) is 37.4 Å². The van der Waals surface area contributed by atoms with E-state index in [1.165, 1.54) is 22.2 Å². The summed E-state index contributed by atoms with van der Waals surface area (Å²) in [5, 5.41) is 7.00. The van der Waals surface area contributed by atoms with E-state index in [1.54, 1.807) is 22.3 Å². The third-order valence-electron chi connectivity index (χ3n) is 4.24. The molecule has 1 amide bonds. The molecule has 0 saturated carbocycles. The van der Waals surface area contributed by atoms with Crippen molar-refractivity contribution in [3.05, 3.63) is 58.5 Å². The number of hydrogen-bond donors (Lipinski definition) is 0. The lowest BCUT2D eigenvalue weighted by Gasteiger charge is -2.28. The fourth-order valence-electron chi connectivity index (χ4n) is 2.91. The first-order chi connectivity index (χ1) is 12.2. The molecule has 0 N–H and O–H groups in total. The topological polar surface area (TPSA) is 51.0 Å². The minimum absolute atomic E-state index is 0.151. The highest BCUT2D eigenvalue weighted by molar-refractivity contribution is 8.00. The minimum Gasteiger partial charge on any atom is -0.337 e. The molecule has 7 heteroatoms. The van der Waals surface area contributed by atoms with E-state index in [2.05, 4.69) is 21.5 Å². The van der Waals surface area contributed by atoms with E-state index in [4.69, 9.17) is 0 Å². The summed E-state index contributed by atoms with van der Waals surface area (Å²) >= 11 is 3.20. The number of aromatic nitrogens is 3. The van der Waals surface area contributed by atoms with Crippen molar-refractivity contribution in [3.63, 3.8) is 0 Å². The van der Waals surface area contributed by atoms with Gasteiger partial charge in [-0.25, -0.2) is 9.67 Å². The van der Waals surface area contributed by atoms with E-state index < -0.39 is 0 Å². The second kappa shape index (κ2) is 7.01. The number of thiophene rings is 1. The highest BCUT2D eigenvalue weighted by Gasteiger charge is 2.26. The van der Waals surface area contributed by atoms with Gasteiger partial charge in [0.05, 0.1) is 10.9 Å². The number of para-hydroxylation sites is 1. The number of carbonyl (C=O) groups excluding carboxylic acids is 1. The molecule has 0 aliphatic carbocycles. The third kappa shape index (κ3) is 3.48. The predicted molar refractivity (Wildman–Crippen MR) is 100 cm³/mol. The lowest BCUT2D eigenvalue weighted by Crippen LogP contribution is -2.39. The quantitative estimate of drug-likeness (QED) is 0.661. The van der Waals surface area contributed by atoms with Crippen molar-refractivity contribution in [2.24, 2.45) is 0 Å². The molecule has 25 heavy (non-hydrogen) atoms. The molecule has 0 radical (unpaired) electrons. The van der Waals surface area contributed by atoms with Crippen molar-refractivity contribution < 1.29 is 4.79 Å². The summed E-state index contributed by atoms with van der Waals surface area (Å²) in [6, 6.07) is 12.0. The Bertz CT molecular complexity index is 874. The smallest absolute Gasteiger partial charge is 0.236 e. The van der Waals surface area contributed by atoms with Crippen LogP contribution in [0.3, 0.4) is 0 Å². The van der Waals surface area contributed by atoms with Gasteiger partial charge >= 0.3 is 0 Å². The molecule has 0 bridgehead atoms. The number of thioether (sulfide) groups is 1. The van der Waals surface area contributed by atoms with Gasteiger partial charge in [-0.3, -0.25) is 4.79 Å². The van der Waals surface area contributed by atoms with Gasteiger partial charge in [0.25, 0.3) is 0 Å². The summed E-state index contributed by atoms with van der Waals surface area (Å²) in [7, 11) is 0. The SMILES string of the molecule is CC(Sc1ncn(-c2ccccc2)n1)C(=O)N1CCc2sccc2C1. The van der Waals surface area contributed by atoms with Crippen LogP contribution in [0.5, 0.6) is 0 Å².